The van der Waals surface area contributed by atoms with Crippen LogP contribution in [0.25, 0.3) is 11.1 Å². The number of ether oxygens (including phenoxy) is 2. The zero-order valence-corrected chi connectivity index (χ0v) is 15.0. The Morgan fingerprint density at radius 3 is 2.11 bits per heavy atom. The summed E-state index contributed by atoms with van der Waals surface area (Å²) in [6.45, 7) is 0.854. The highest BCUT2D eigenvalue weighted by Crippen LogP contribution is 2.22. The molecule has 0 unspecified atom stereocenters. The fraction of sp³-hybridized carbons (Fsp3) is 0.174. The fourth-order valence-electron chi connectivity index (χ4n) is 2.74. The Kier molecular flexibility index (Phi) is 6.47. The molecule has 0 saturated carbocycles. The summed E-state index contributed by atoms with van der Waals surface area (Å²) in [5.74, 6) is 0.724. The molecule has 4 nitrogen and oxygen atoms in total. The van der Waals surface area contributed by atoms with Crippen molar-refractivity contribution >= 4 is 5.97 Å². The predicted molar refractivity (Wildman–Crippen MR) is 105 cm³/mol. The van der Waals surface area contributed by atoms with Crippen LogP contribution in [0.4, 0.5) is 0 Å². The first-order valence-corrected chi connectivity index (χ1v) is 8.92. The van der Waals surface area contributed by atoms with Gasteiger partial charge in [0.2, 0.25) is 0 Å². The first-order valence-electron chi connectivity index (χ1n) is 8.92. The van der Waals surface area contributed by atoms with Crippen LogP contribution in [0.1, 0.15) is 12.0 Å². The fourth-order valence-corrected chi connectivity index (χ4v) is 2.74. The molecule has 0 aromatic heterocycles. The third-order valence-corrected chi connectivity index (χ3v) is 4.11. The monoisotopic (exact) mass is 362 g/mol. The molecule has 0 spiro atoms. The van der Waals surface area contributed by atoms with E-state index in [1.807, 2.05) is 66.7 Å². The van der Waals surface area contributed by atoms with Gasteiger partial charge in [-0.05, 0) is 47.4 Å². The highest BCUT2D eigenvalue weighted by atomic mass is 16.5. The van der Waals surface area contributed by atoms with Crippen molar-refractivity contribution in [3.63, 3.8) is 0 Å². The molecule has 0 amide bonds. The number of hydrogen-bond acceptors (Lipinski definition) is 3. The number of hydrogen-bond donors (Lipinski definition) is 1. The van der Waals surface area contributed by atoms with Gasteiger partial charge in [-0.15, -0.1) is 0 Å². The molecule has 0 atom stereocenters. The lowest BCUT2D eigenvalue weighted by atomic mass is 10.1. The SMILES string of the molecule is O=C(O)CCc1cccc(OCCOc2ccc(-c3ccccc3)cc2)c1. The maximum absolute atomic E-state index is 10.7. The molecule has 4 heteroatoms. The minimum absolute atomic E-state index is 0.117. The van der Waals surface area contributed by atoms with E-state index in [-0.39, 0.29) is 6.42 Å². The lowest BCUT2D eigenvalue weighted by Crippen LogP contribution is -2.09. The van der Waals surface area contributed by atoms with Crippen LogP contribution in [-0.2, 0) is 11.2 Å². The average Bonchev–Trinajstić information content (AvgIpc) is 2.71. The van der Waals surface area contributed by atoms with Gasteiger partial charge >= 0.3 is 5.97 Å². The highest BCUT2D eigenvalue weighted by Gasteiger charge is 2.02. The van der Waals surface area contributed by atoms with Crippen LogP contribution in [-0.4, -0.2) is 24.3 Å². The smallest absolute Gasteiger partial charge is 0.303 e. The molecule has 3 aromatic carbocycles. The normalized spacial score (nSPS) is 10.4. The van der Waals surface area contributed by atoms with Gasteiger partial charge in [-0.1, -0.05) is 54.6 Å². The van der Waals surface area contributed by atoms with Crippen LogP contribution in [0.2, 0.25) is 0 Å². The topological polar surface area (TPSA) is 55.8 Å². The van der Waals surface area contributed by atoms with Gasteiger partial charge < -0.3 is 14.6 Å². The van der Waals surface area contributed by atoms with Gasteiger partial charge in [0.25, 0.3) is 0 Å². The van der Waals surface area contributed by atoms with E-state index in [4.69, 9.17) is 14.6 Å². The minimum Gasteiger partial charge on any atom is -0.490 e. The Labute approximate surface area is 159 Å². The largest absolute Gasteiger partial charge is 0.490 e. The van der Waals surface area contributed by atoms with Crippen molar-refractivity contribution in [3.05, 3.63) is 84.4 Å². The average molecular weight is 362 g/mol. The summed E-state index contributed by atoms with van der Waals surface area (Å²) >= 11 is 0. The zero-order valence-electron chi connectivity index (χ0n) is 15.0. The first-order chi connectivity index (χ1) is 13.2. The van der Waals surface area contributed by atoms with E-state index >= 15 is 0 Å². The molecule has 0 radical (unpaired) electrons. The Bertz CT molecular complexity index is 857. The van der Waals surface area contributed by atoms with Gasteiger partial charge in [0.15, 0.2) is 0 Å². The van der Waals surface area contributed by atoms with E-state index in [0.29, 0.717) is 19.6 Å². The van der Waals surface area contributed by atoms with Crippen molar-refractivity contribution < 1.29 is 19.4 Å². The number of aryl methyl sites for hydroxylation is 1. The summed E-state index contributed by atoms with van der Waals surface area (Å²) in [6, 6.07) is 25.7. The van der Waals surface area contributed by atoms with Gasteiger partial charge in [-0.3, -0.25) is 4.79 Å². The van der Waals surface area contributed by atoms with Gasteiger partial charge in [0, 0.05) is 6.42 Å². The molecule has 0 aliphatic carbocycles. The highest BCUT2D eigenvalue weighted by molar-refractivity contribution is 5.67. The van der Waals surface area contributed by atoms with E-state index in [0.717, 1.165) is 22.6 Å². The van der Waals surface area contributed by atoms with E-state index in [2.05, 4.69) is 12.1 Å². The molecular formula is C23H22O4. The number of aliphatic carboxylic acids is 1. The second-order valence-corrected chi connectivity index (χ2v) is 6.13. The van der Waals surface area contributed by atoms with Gasteiger partial charge in [0.05, 0.1) is 0 Å². The maximum Gasteiger partial charge on any atom is 0.303 e. The molecule has 0 fully saturated rings. The van der Waals surface area contributed by atoms with E-state index in [9.17, 15) is 4.79 Å². The van der Waals surface area contributed by atoms with Gasteiger partial charge in [-0.2, -0.15) is 0 Å². The summed E-state index contributed by atoms with van der Waals surface area (Å²) in [6.07, 6.45) is 0.613. The molecule has 3 aromatic rings. The molecule has 1 N–H and O–H groups in total. The number of carboxylic acid groups (broad SMARTS) is 1. The van der Waals surface area contributed by atoms with Crippen LogP contribution < -0.4 is 9.47 Å². The standard InChI is InChI=1S/C23H22O4/c24-23(25)14-9-18-5-4-8-22(17-18)27-16-15-26-21-12-10-20(11-13-21)19-6-2-1-3-7-19/h1-8,10-13,17H,9,14-16H2,(H,24,25). The molecule has 0 bridgehead atoms. The van der Waals surface area contributed by atoms with Crippen LogP contribution in [0.3, 0.4) is 0 Å². The van der Waals surface area contributed by atoms with Crippen molar-refractivity contribution in [2.75, 3.05) is 13.2 Å². The second-order valence-electron chi connectivity index (χ2n) is 6.13. The van der Waals surface area contributed by atoms with Crippen LogP contribution in [0.15, 0.2) is 78.9 Å². The number of benzene rings is 3. The summed E-state index contributed by atoms with van der Waals surface area (Å²) in [5.41, 5.74) is 3.28. The maximum atomic E-state index is 10.7. The Hall–Kier alpha value is -3.27. The Morgan fingerprint density at radius 1 is 0.741 bits per heavy atom. The quantitative estimate of drug-likeness (QED) is 0.554. The summed E-state index contributed by atoms with van der Waals surface area (Å²) in [7, 11) is 0. The van der Waals surface area contributed by atoms with Crippen molar-refractivity contribution in [1.82, 2.24) is 0 Å². The summed E-state index contributed by atoms with van der Waals surface area (Å²) in [5, 5.41) is 8.76. The van der Waals surface area contributed by atoms with Crippen LogP contribution in [0.5, 0.6) is 11.5 Å². The molecule has 27 heavy (non-hydrogen) atoms. The number of carboxylic acids is 1. The van der Waals surface area contributed by atoms with Crippen molar-refractivity contribution in [1.29, 1.82) is 0 Å². The van der Waals surface area contributed by atoms with Gasteiger partial charge in [0.1, 0.15) is 24.7 Å². The third kappa shape index (κ3) is 5.89. The Balaban J connectivity index is 1.45. The molecule has 0 aliphatic rings. The van der Waals surface area contributed by atoms with Crippen molar-refractivity contribution in [3.8, 4) is 22.6 Å². The molecule has 0 aliphatic heterocycles. The summed E-state index contributed by atoms with van der Waals surface area (Å²) in [4.78, 5) is 10.7. The van der Waals surface area contributed by atoms with E-state index in [1.165, 1.54) is 5.56 Å². The van der Waals surface area contributed by atoms with Crippen molar-refractivity contribution in [2.45, 2.75) is 12.8 Å². The molecular weight excluding hydrogens is 340 g/mol. The summed E-state index contributed by atoms with van der Waals surface area (Å²) < 4.78 is 11.4. The van der Waals surface area contributed by atoms with Crippen LogP contribution >= 0.6 is 0 Å². The molecule has 3 rings (SSSR count). The third-order valence-electron chi connectivity index (χ3n) is 4.11. The first kappa shape index (κ1) is 18.5. The van der Waals surface area contributed by atoms with Gasteiger partial charge in [-0.25, -0.2) is 0 Å². The second kappa shape index (κ2) is 9.43. The molecule has 0 heterocycles. The molecule has 0 saturated heterocycles. The lowest BCUT2D eigenvalue weighted by Gasteiger charge is -2.10. The zero-order chi connectivity index (χ0) is 18.9. The number of rotatable bonds is 9. The molecule has 138 valence electrons. The predicted octanol–water partition coefficient (Wildman–Crippen LogP) is 4.83. The van der Waals surface area contributed by atoms with E-state index in [1.54, 1.807) is 0 Å². The number of carbonyl (C=O) groups is 1. The Morgan fingerprint density at radius 2 is 1.41 bits per heavy atom. The lowest BCUT2D eigenvalue weighted by molar-refractivity contribution is -0.136. The van der Waals surface area contributed by atoms with Crippen LogP contribution in [0, 0.1) is 0 Å². The van der Waals surface area contributed by atoms with E-state index < -0.39 is 5.97 Å². The minimum atomic E-state index is -0.798. The van der Waals surface area contributed by atoms with Crippen molar-refractivity contribution in [2.24, 2.45) is 0 Å².